The van der Waals surface area contributed by atoms with Crippen LogP contribution in [0.5, 0.6) is 11.5 Å². The minimum atomic E-state index is 0.388. The summed E-state index contributed by atoms with van der Waals surface area (Å²) >= 11 is 0. The summed E-state index contributed by atoms with van der Waals surface area (Å²) in [6.07, 6.45) is 0.921. The first-order valence-corrected chi connectivity index (χ1v) is 10.3. The normalized spacial score (nSPS) is 14.5. The van der Waals surface area contributed by atoms with Crippen molar-refractivity contribution in [1.82, 2.24) is 15.1 Å². The van der Waals surface area contributed by atoms with Crippen LogP contribution in [-0.2, 0) is 24.8 Å². The quantitative estimate of drug-likeness (QED) is 0.651. The maximum Gasteiger partial charge on any atom is 0.160 e. The lowest BCUT2D eigenvalue weighted by atomic mass is 10.0. The molecule has 7 heteroatoms. The summed E-state index contributed by atoms with van der Waals surface area (Å²) in [7, 11) is 5.37. The zero-order valence-corrected chi connectivity index (χ0v) is 18.3. The van der Waals surface area contributed by atoms with E-state index in [2.05, 4.69) is 30.1 Å². The van der Waals surface area contributed by atoms with E-state index >= 15 is 0 Å². The second-order valence-electron chi connectivity index (χ2n) is 7.68. The first kappa shape index (κ1) is 21.5. The zero-order chi connectivity index (χ0) is 20.8. The lowest BCUT2D eigenvalue weighted by molar-refractivity contribution is 0.122. The summed E-state index contributed by atoms with van der Waals surface area (Å²) in [6, 6.07) is 6.10. The second-order valence-corrected chi connectivity index (χ2v) is 7.68. The molecule has 0 saturated carbocycles. The van der Waals surface area contributed by atoms with Crippen LogP contribution in [0.1, 0.15) is 36.6 Å². The molecule has 0 atom stereocenters. The fraction of sp³-hybridized carbons (Fsp3) is 0.591. The zero-order valence-electron chi connectivity index (χ0n) is 18.3. The molecule has 0 spiro atoms. The number of ether oxygens (including phenoxy) is 3. The van der Waals surface area contributed by atoms with E-state index < -0.39 is 0 Å². The fourth-order valence-corrected chi connectivity index (χ4v) is 3.87. The number of hydrogen-bond acceptors (Lipinski definition) is 6. The van der Waals surface area contributed by atoms with Gasteiger partial charge in [-0.3, -0.25) is 4.68 Å². The minimum Gasteiger partial charge on any atom is -0.493 e. The smallest absolute Gasteiger partial charge is 0.160 e. The van der Waals surface area contributed by atoms with Crippen molar-refractivity contribution in [2.75, 3.05) is 52.0 Å². The molecule has 7 nitrogen and oxygen atoms in total. The molecule has 0 radical (unpaired) electrons. The maximum absolute atomic E-state index is 5.53. The Bertz CT molecular complexity index is 798. The average Bonchev–Trinajstić information content (AvgIpc) is 3.08. The van der Waals surface area contributed by atoms with Crippen LogP contribution < -0.4 is 19.7 Å². The number of benzene rings is 1. The molecule has 1 aliphatic heterocycles. The molecule has 1 fully saturated rings. The maximum atomic E-state index is 5.53. The van der Waals surface area contributed by atoms with Gasteiger partial charge in [0.25, 0.3) is 0 Å². The molecule has 0 bridgehead atoms. The molecule has 2 aromatic rings. The number of hydrogen-bond donors (Lipinski definition) is 1. The highest BCUT2D eigenvalue weighted by molar-refractivity contribution is 5.51. The van der Waals surface area contributed by atoms with Gasteiger partial charge in [-0.1, -0.05) is 19.9 Å². The molecular weight excluding hydrogens is 368 g/mol. The molecule has 1 aromatic heterocycles. The second kappa shape index (κ2) is 9.98. The van der Waals surface area contributed by atoms with E-state index in [-0.39, 0.29) is 0 Å². The molecule has 1 aliphatic rings. The van der Waals surface area contributed by atoms with Gasteiger partial charge in [-0.2, -0.15) is 5.10 Å². The van der Waals surface area contributed by atoms with Crippen molar-refractivity contribution in [3.8, 4) is 11.5 Å². The van der Waals surface area contributed by atoms with Gasteiger partial charge >= 0.3 is 0 Å². The molecule has 2 heterocycles. The van der Waals surface area contributed by atoms with Crippen LogP contribution in [0.15, 0.2) is 18.2 Å². The molecule has 1 saturated heterocycles. The number of morpholine rings is 1. The van der Waals surface area contributed by atoms with Crippen molar-refractivity contribution in [1.29, 1.82) is 0 Å². The van der Waals surface area contributed by atoms with Crippen molar-refractivity contribution in [3.63, 3.8) is 0 Å². The van der Waals surface area contributed by atoms with Crippen LogP contribution >= 0.6 is 0 Å². The molecule has 1 N–H and O–H groups in total. The molecule has 0 aliphatic carbocycles. The summed E-state index contributed by atoms with van der Waals surface area (Å²) < 4.78 is 18.3. The third kappa shape index (κ3) is 5.03. The lowest BCUT2D eigenvalue weighted by Crippen LogP contribution is -2.38. The minimum absolute atomic E-state index is 0.388. The third-order valence-electron chi connectivity index (χ3n) is 5.34. The lowest BCUT2D eigenvalue weighted by Gasteiger charge is -2.29. The van der Waals surface area contributed by atoms with Crippen LogP contribution in [0.2, 0.25) is 0 Å². The Kier molecular flexibility index (Phi) is 7.39. The van der Waals surface area contributed by atoms with E-state index in [9.17, 15) is 0 Å². The number of nitrogens with zero attached hydrogens (tertiary/aromatic N) is 3. The number of aromatic nitrogens is 2. The van der Waals surface area contributed by atoms with Crippen LogP contribution in [-0.4, -0.2) is 56.8 Å². The number of nitrogens with one attached hydrogen (secondary N) is 1. The predicted molar refractivity (Wildman–Crippen MR) is 115 cm³/mol. The SMILES string of the molecule is COc1ccc(CCNCc2c(C(C)C)nn(C)c2N2CCOCC2)cc1OC. The van der Waals surface area contributed by atoms with E-state index in [1.807, 2.05) is 23.9 Å². The number of anilines is 1. The molecule has 1 aromatic carbocycles. The molecule has 0 amide bonds. The molecule has 0 unspecified atom stereocenters. The molecule has 29 heavy (non-hydrogen) atoms. The van der Waals surface area contributed by atoms with Crippen LogP contribution in [0.4, 0.5) is 5.82 Å². The standard InChI is InChI=1S/C22H34N4O3/c1-16(2)21-18(22(25(3)24-21)26-10-12-29-13-11-26)15-23-9-8-17-6-7-19(27-4)20(14-17)28-5/h6-7,14,16,23H,8-13,15H2,1-5H3. The monoisotopic (exact) mass is 402 g/mol. The van der Waals surface area contributed by atoms with Crippen molar-refractivity contribution >= 4 is 5.82 Å². The van der Waals surface area contributed by atoms with Gasteiger partial charge in [0, 0.05) is 32.2 Å². The van der Waals surface area contributed by atoms with E-state index in [0.29, 0.717) is 5.92 Å². The Labute approximate surface area is 173 Å². The highest BCUT2D eigenvalue weighted by atomic mass is 16.5. The first-order chi connectivity index (χ1) is 14.0. The summed E-state index contributed by atoms with van der Waals surface area (Å²) in [4.78, 5) is 2.40. The third-order valence-corrected chi connectivity index (χ3v) is 5.34. The Morgan fingerprint density at radius 2 is 1.86 bits per heavy atom. The van der Waals surface area contributed by atoms with Crippen molar-refractivity contribution in [2.24, 2.45) is 7.05 Å². The summed E-state index contributed by atoms with van der Waals surface area (Å²) in [5.74, 6) is 3.14. The Morgan fingerprint density at radius 3 is 2.52 bits per heavy atom. The van der Waals surface area contributed by atoms with Crippen LogP contribution in [0, 0.1) is 0 Å². The van der Waals surface area contributed by atoms with E-state index in [0.717, 1.165) is 57.3 Å². The van der Waals surface area contributed by atoms with Gasteiger partial charge in [0.05, 0.1) is 33.1 Å². The Balaban J connectivity index is 1.67. The number of rotatable bonds is 9. The van der Waals surface area contributed by atoms with Gasteiger partial charge in [0.15, 0.2) is 11.5 Å². The first-order valence-electron chi connectivity index (χ1n) is 10.3. The summed E-state index contributed by atoms with van der Waals surface area (Å²) in [5.41, 5.74) is 3.70. The van der Waals surface area contributed by atoms with Gasteiger partial charge in [-0.05, 0) is 36.6 Å². The summed E-state index contributed by atoms with van der Waals surface area (Å²) in [6.45, 7) is 9.47. The Hall–Kier alpha value is -2.25. The van der Waals surface area contributed by atoms with Gasteiger partial charge in [-0.15, -0.1) is 0 Å². The number of aryl methyl sites for hydroxylation is 1. The topological polar surface area (TPSA) is 60.8 Å². The Morgan fingerprint density at radius 1 is 1.14 bits per heavy atom. The highest BCUT2D eigenvalue weighted by Gasteiger charge is 2.23. The predicted octanol–water partition coefficient (Wildman–Crippen LogP) is 2.73. The summed E-state index contributed by atoms with van der Waals surface area (Å²) in [5, 5.41) is 8.45. The van der Waals surface area contributed by atoms with Crippen LogP contribution in [0.3, 0.4) is 0 Å². The largest absolute Gasteiger partial charge is 0.493 e. The van der Waals surface area contributed by atoms with E-state index in [1.54, 1.807) is 14.2 Å². The van der Waals surface area contributed by atoms with Gasteiger partial charge in [0.1, 0.15) is 5.82 Å². The fourth-order valence-electron chi connectivity index (χ4n) is 3.87. The van der Waals surface area contributed by atoms with Crippen molar-refractivity contribution in [2.45, 2.75) is 32.7 Å². The molecule has 3 rings (SSSR count). The van der Waals surface area contributed by atoms with E-state index in [4.69, 9.17) is 19.3 Å². The van der Waals surface area contributed by atoms with Crippen molar-refractivity contribution in [3.05, 3.63) is 35.0 Å². The van der Waals surface area contributed by atoms with Gasteiger partial charge < -0.3 is 24.4 Å². The highest BCUT2D eigenvalue weighted by Crippen LogP contribution is 2.29. The van der Waals surface area contributed by atoms with Gasteiger partial charge in [0.2, 0.25) is 0 Å². The average molecular weight is 403 g/mol. The molecule has 160 valence electrons. The van der Waals surface area contributed by atoms with Gasteiger partial charge in [-0.25, -0.2) is 0 Å². The van der Waals surface area contributed by atoms with Crippen molar-refractivity contribution < 1.29 is 14.2 Å². The van der Waals surface area contributed by atoms with E-state index in [1.165, 1.54) is 22.6 Å². The van der Waals surface area contributed by atoms with Crippen LogP contribution in [0.25, 0.3) is 0 Å². The molecular formula is C22H34N4O3. The number of methoxy groups -OCH3 is 2.